The number of amides is 1. The van der Waals surface area contributed by atoms with Crippen LogP contribution >= 0.6 is 0 Å². The van der Waals surface area contributed by atoms with E-state index in [1.165, 1.54) is 37.7 Å². The lowest BCUT2D eigenvalue weighted by atomic mass is 9.55. The summed E-state index contributed by atoms with van der Waals surface area (Å²) in [5.74, 6) is 4.08. The lowest BCUT2D eigenvalue weighted by Crippen LogP contribution is -2.47. The number of benzene rings is 1. The molecular formula is C39H61NO4. The molecule has 0 spiro atoms. The van der Waals surface area contributed by atoms with E-state index in [9.17, 15) is 15.0 Å². The first-order valence-corrected chi connectivity index (χ1v) is 18.5. The molecule has 4 unspecified atom stereocenters. The number of nitrogens with zero attached hydrogens (tertiary/aromatic N) is 1. The predicted molar refractivity (Wildman–Crippen MR) is 176 cm³/mol. The third-order valence-electron chi connectivity index (χ3n) is 14.5. The van der Waals surface area contributed by atoms with Crippen LogP contribution in [0.3, 0.4) is 0 Å². The van der Waals surface area contributed by atoms with Gasteiger partial charge in [-0.2, -0.15) is 0 Å². The van der Waals surface area contributed by atoms with Crippen LogP contribution in [0.5, 0.6) is 0 Å². The van der Waals surface area contributed by atoms with Crippen molar-refractivity contribution < 1.29 is 19.7 Å². The summed E-state index contributed by atoms with van der Waals surface area (Å²) >= 11 is 0. The number of ether oxygens (including phenoxy) is 1. The van der Waals surface area contributed by atoms with Crippen molar-refractivity contribution in [3.63, 3.8) is 0 Å². The number of aliphatic hydroxyl groups excluding tert-OH is 2. The molecule has 1 aromatic rings. The zero-order valence-electron chi connectivity index (χ0n) is 28.1. The zero-order chi connectivity index (χ0) is 31.1. The van der Waals surface area contributed by atoms with E-state index in [4.69, 9.17) is 4.74 Å². The maximum Gasteiger partial charge on any atom is 0.409 e. The highest BCUT2D eigenvalue weighted by Crippen LogP contribution is 2.66. The Morgan fingerprint density at radius 1 is 0.955 bits per heavy atom. The van der Waals surface area contributed by atoms with Crippen molar-refractivity contribution >= 4 is 6.09 Å². The average Bonchev–Trinajstić information content (AvgIpc) is 3.23. The van der Waals surface area contributed by atoms with Gasteiger partial charge in [0.05, 0.1) is 18.8 Å². The highest BCUT2D eigenvalue weighted by atomic mass is 16.6. The summed E-state index contributed by atoms with van der Waals surface area (Å²) in [6.07, 6.45) is 13.6. The van der Waals surface area contributed by atoms with Gasteiger partial charge in [-0.3, -0.25) is 0 Å². The Balaban J connectivity index is 1.04. The van der Waals surface area contributed by atoms with Crippen LogP contribution in [-0.2, 0) is 11.2 Å². The number of carbonyl (C=O) groups excluding carboxylic acids is 1. The summed E-state index contributed by atoms with van der Waals surface area (Å²) in [5, 5.41) is 22.7. The van der Waals surface area contributed by atoms with Crippen molar-refractivity contribution in [1.82, 2.24) is 4.90 Å². The van der Waals surface area contributed by atoms with E-state index in [0.717, 1.165) is 64.5 Å². The monoisotopic (exact) mass is 607 g/mol. The summed E-state index contributed by atoms with van der Waals surface area (Å²) in [7, 11) is 0. The Hall–Kier alpha value is -1.59. The molecule has 11 atom stereocenters. The number of fused-ring (bicyclic) bond motifs is 6. The summed E-state index contributed by atoms with van der Waals surface area (Å²) in [6.45, 7) is 11.9. The molecule has 1 saturated heterocycles. The molecule has 4 aliphatic carbocycles. The average molecular weight is 608 g/mol. The molecule has 2 N–H and O–H groups in total. The molecule has 0 radical (unpaired) electrons. The minimum absolute atomic E-state index is 0.125. The Kier molecular flexibility index (Phi) is 9.75. The number of hydrogen-bond acceptors (Lipinski definition) is 4. The van der Waals surface area contributed by atoms with E-state index in [1.807, 2.05) is 4.90 Å². The molecule has 5 fully saturated rings. The smallest absolute Gasteiger partial charge is 0.409 e. The van der Waals surface area contributed by atoms with Gasteiger partial charge in [0, 0.05) is 13.1 Å². The van der Waals surface area contributed by atoms with Crippen molar-refractivity contribution in [2.75, 3.05) is 19.7 Å². The number of likely N-dealkylation sites (tertiary alicyclic amines) is 1. The van der Waals surface area contributed by atoms with Crippen molar-refractivity contribution in [3.8, 4) is 0 Å². The molecule has 2 bridgehead atoms. The van der Waals surface area contributed by atoms with E-state index >= 15 is 0 Å². The van der Waals surface area contributed by atoms with Crippen molar-refractivity contribution in [2.45, 2.75) is 123 Å². The Bertz CT molecular complexity index is 1100. The SMILES string of the molecule is CC[C@@H]1C2C[C@H](O)CC[C@]2(C)C2CC[C@]3(C)C([C@H](C)CCOC(=O)N4CCC(Cc5ccccc5)CC4)CCC3[C@@H](C2)[C@@H]1O. The van der Waals surface area contributed by atoms with Crippen molar-refractivity contribution in [2.24, 2.45) is 58.2 Å². The Morgan fingerprint density at radius 3 is 2.41 bits per heavy atom. The fourth-order valence-electron chi connectivity index (χ4n) is 11.9. The number of hydrogen-bond donors (Lipinski definition) is 2. The first-order chi connectivity index (χ1) is 21.1. The summed E-state index contributed by atoms with van der Waals surface area (Å²) in [6, 6.07) is 10.7. The molecule has 5 heteroatoms. The van der Waals surface area contributed by atoms with Crippen LogP contribution in [-0.4, -0.2) is 53.1 Å². The van der Waals surface area contributed by atoms with Gasteiger partial charge in [-0.05, 0) is 141 Å². The second-order valence-corrected chi connectivity index (χ2v) is 16.5. The van der Waals surface area contributed by atoms with Gasteiger partial charge < -0.3 is 19.8 Å². The van der Waals surface area contributed by atoms with Crippen LogP contribution in [0.2, 0.25) is 0 Å². The molecule has 6 rings (SSSR count). The van der Waals surface area contributed by atoms with Gasteiger partial charge in [-0.1, -0.05) is 64.4 Å². The number of carbonyl (C=O) groups is 1. The molecule has 4 saturated carbocycles. The lowest BCUT2D eigenvalue weighted by Gasteiger charge is -2.51. The number of aliphatic hydroxyl groups is 2. The number of piperidine rings is 1. The zero-order valence-corrected chi connectivity index (χ0v) is 28.1. The number of rotatable bonds is 7. The molecule has 1 amide bonds. The Labute approximate surface area is 267 Å². The van der Waals surface area contributed by atoms with Gasteiger partial charge in [0.2, 0.25) is 0 Å². The Morgan fingerprint density at radius 2 is 1.68 bits per heavy atom. The maximum atomic E-state index is 13.0. The van der Waals surface area contributed by atoms with E-state index < -0.39 is 0 Å². The minimum Gasteiger partial charge on any atom is -0.449 e. The summed E-state index contributed by atoms with van der Waals surface area (Å²) < 4.78 is 5.90. The van der Waals surface area contributed by atoms with Gasteiger partial charge in [0.15, 0.2) is 0 Å². The molecular weight excluding hydrogens is 546 g/mol. The van der Waals surface area contributed by atoms with Crippen LogP contribution < -0.4 is 0 Å². The van der Waals surface area contributed by atoms with E-state index in [1.54, 1.807) is 0 Å². The van der Waals surface area contributed by atoms with Gasteiger partial charge in [-0.25, -0.2) is 4.79 Å². The molecule has 1 aromatic carbocycles. The second kappa shape index (κ2) is 13.3. The first-order valence-electron chi connectivity index (χ1n) is 18.5. The quantitative estimate of drug-likeness (QED) is 0.328. The van der Waals surface area contributed by atoms with Gasteiger partial charge in [0.1, 0.15) is 0 Å². The lowest BCUT2D eigenvalue weighted by molar-refractivity contribution is -0.0778. The summed E-state index contributed by atoms with van der Waals surface area (Å²) in [4.78, 5) is 14.9. The topological polar surface area (TPSA) is 70.0 Å². The van der Waals surface area contributed by atoms with Gasteiger partial charge in [-0.15, -0.1) is 0 Å². The largest absolute Gasteiger partial charge is 0.449 e. The minimum atomic E-state index is -0.256. The predicted octanol–water partition coefficient (Wildman–Crippen LogP) is 8.12. The van der Waals surface area contributed by atoms with Crippen molar-refractivity contribution in [3.05, 3.63) is 35.9 Å². The van der Waals surface area contributed by atoms with E-state index in [2.05, 4.69) is 58.0 Å². The van der Waals surface area contributed by atoms with Gasteiger partial charge >= 0.3 is 6.09 Å². The highest BCUT2D eigenvalue weighted by Gasteiger charge is 2.60. The third-order valence-corrected chi connectivity index (χ3v) is 14.5. The molecule has 1 heterocycles. The van der Waals surface area contributed by atoms with E-state index in [-0.39, 0.29) is 29.1 Å². The molecule has 1 aliphatic heterocycles. The van der Waals surface area contributed by atoms with E-state index in [0.29, 0.717) is 54.0 Å². The highest BCUT2D eigenvalue weighted by molar-refractivity contribution is 5.67. The molecule has 44 heavy (non-hydrogen) atoms. The van der Waals surface area contributed by atoms with Crippen LogP contribution in [0, 0.1) is 58.2 Å². The fraction of sp³-hybridized carbons (Fsp3) is 0.821. The summed E-state index contributed by atoms with van der Waals surface area (Å²) in [5.41, 5.74) is 1.86. The normalized spacial score (nSPS) is 41.6. The van der Waals surface area contributed by atoms with Crippen LogP contribution in [0.15, 0.2) is 30.3 Å². The molecule has 5 aliphatic rings. The van der Waals surface area contributed by atoms with Crippen LogP contribution in [0.1, 0.15) is 110 Å². The third kappa shape index (κ3) is 6.10. The maximum absolute atomic E-state index is 13.0. The van der Waals surface area contributed by atoms with Crippen LogP contribution in [0.4, 0.5) is 4.79 Å². The van der Waals surface area contributed by atoms with Gasteiger partial charge in [0.25, 0.3) is 0 Å². The molecule has 0 aromatic heterocycles. The second-order valence-electron chi connectivity index (χ2n) is 16.5. The molecule has 5 nitrogen and oxygen atoms in total. The molecule has 246 valence electrons. The first kappa shape index (κ1) is 32.4. The fourth-order valence-corrected chi connectivity index (χ4v) is 11.9. The van der Waals surface area contributed by atoms with Crippen molar-refractivity contribution in [1.29, 1.82) is 0 Å². The standard InChI is InChI=1S/C39H61NO4/c1-5-31-35-25-30(41)14-19-38(35,3)29-13-18-39(4)33(11-12-34(39)32(24-29)36(31)42)26(2)17-22-44-37(43)40-20-15-28(16-21-40)23-27-9-7-6-8-10-27/h6-10,26,28-36,41-42H,5,11-25H2,1-4H3/t26-,29?,30-,31-,32-,33?,34?,35?,36-,38-,39-/m1/s1. The van der Waals surface area contributed by atoms with Crippen LogP contribution in [0.25, 0.3) is 0 Å².